The third kappa shape index (κ3) is 7.20. The first-order valence-corrected chi connectivity index (χ1v) is 10.2. The Kier molecular flexibility index (Phi) is 8.30. The number of carbonyl (C=O) groups is 1. The number of benzene rings is 2. The molecule has 2 N–H and O–H groups in total. The summed E-state index contributed by atoms with van der Waals surface area (Å²) in [4.78, 5) is 18.8. The zero-order valence-corrected chi connectivity index (χ0v) is 19.6. The molecule has 0 aliphatic heterocycles. The molecular formula is C24H34N4O3. The average Bonchev–Trinajstić information content (AvgIpc) is 2.73. The topological polar surface area (TPSA) is 75.2 Å². The van der Waals surface area contributed by atoms with Crippen LogP contribution in [0.4, 0.5) is 0 Å². The maximum atomic E-state index is 12.4. The highest BCUT2D eigenvalue weighted by atomic mass is 16.5. The lowest BCUT2D eigenvalue weighted by atomic mass is 10.1. The average molecular weight is 427 g/mol. The molecule has 0 bridgehead atoms. The summed E-state index contributed by atoms with van der Waals surface area (Å²) in [5, 5.41) is 6.35. The van der Waals surface area contributed by atoms with Gasteiger partial charge in [0.1, 0.15) is 11.5 Å². The SMILES string of the molecule is CN=C(NCc1cccc(C(=O)NC(C)(C)C)c1)N(C)Cc1ccc(OC)cc1OC. The predicted molar refractivity (Wildman–Crippen MR) is 125 cm³/mol. The molecular weight excluding hydrogens is 392 g/mol. The van der Waals surface area contributed by atoms with Gasteiger partial charge in [-0.15, -0.1) is 0 Å². The Bertz CT molecular complexity index is 919. The highest BCUT2D eigenvalue weighted by molar-refractivity contribution is 5.94. The summed E-state index contributed by atoms with van der Waals surface area (Å²) in [6.45, 7) is 7.06. The van der Waals surface area contributed by atoms with Crippen molar-refractivity contribution in [2.45, 2.75) is 39.4 Å². The second-order valence-corrected chi connectivity index (χ2v) is 8.34. The van der Waals surface area contributed by atoms with E-state index in [0.29, 0.717) is 18.7 Å². The number of methoxy groups -OCH3 is 2. The van der Waals surface area contributed by atoms with Crippen molar-refractivity contribution >= 4 is 11.9 Å². The fourth-order valence-corrected chi connectivity index (χ4v) is 3.11. The van der Waals surface area contributed by atoms with Crippen LogP contribution in [0.25, 0.3) is 0 Å². The van der Waals surface area contributed by atoms with Gasteiger partial charge in [-0.2, -0.15) is 0 Å². The third-order valence-electron chi connectivity index (χ3n) is 4.60. The number of nitrogens with one attached hydrogen (secondary N) is 2. The smallest absolute Gasteiger partial charge is 0.251 e. The lowest BCUT2D eigenvalue weighted by Crippen LogP contribution is -2.40. The molecule has 0 radical (unpaired) electrons. The van der Waals surface area contributed by atoms with Gasteiger partial charge in [0, 0.05) is 49.9 Å². The molecule has 0 atom stereocenters. The van der Waals surface area contributed by atoms with Crippen molar-refractivity contribution in [3.63, 3.8) is 0 Å². The van der Waals surface area contributed by atoms with Crippen LogP contribution in [-0.4, -0.2) is 50.6 Å². The van der Waals surface area contributed by atoms with Gasteiger partial charge in [0.25, 0.3) is 5.91 Å². The van der Waals surface area contributed by atoms with E-state index in [9.17, 15) is 4.79 Å². The summed E-state index contributed by atoms with van der Waals surface area (Å²) in [7, 11) is 6.99. The number of rotatable bonds is 7. The Morgan fingerprint density at radius 3 is 2.45 bits per heavy atom. The molecule has 7 nitrogen and oxygen atoms in total. The van der Waals surface area contributed by atoms with E-state index in [-0.39, 0.29) is 11.4 Å². The zero-order chi connectivity index (χ0) is 23.0. The number of nitrogens with zero attached hydrogens (tertiary/aromatic N) is 2. The molecule has 0 aliphatic carbocycles. The van der Waals surface area contributed by atoms with Crippen LogP contribution in [0.5, 0.6) is 11.5 Å². The van der Waals surface area contributed by atoms with Gasteiger partial charge in [-0.25, -0.2) is 0 Å². The van der Waals surface area contributed by atoms with Crippen LogP contribution >= 0.6 is 0 Å². The standard InChI is InChI=1S/C24H34N4O3/c1-24(2,3)27-22(29)18-10-8-9-17(13-18)15-26-23(25-4)28(5)16-19-11-12-20(30-6)14-21(19)31-7/h8-14H,15-16H2,1-7H3,(H,25,26)(H,27,29). The first kappa shape index (κ1) is 24.1. The van der Waals surface area contributed by atoms with E-state index in [4.69, 9.17) is 9.47 Å². The van der Waals surface area contributed by atoms with E-state index < -0.39 is 0 Å². The predicted octanol–water partition coefficient (Wildman–Crippen LogP) is 3.44. The van der Waals surface area contributed by atoms with Crippen molar-refractivity contribution in [2.24, 2.45) is 4.99 Å². The van der Waals surface area contributed by atoms with E-state index in [1.54, 1.807) is 21.3 Å². The minimum Gasteiger partial charge on any atom is -0.497 e. The molecule has 168 valence electrons. The van der Waals surface area contributed by atoms with E-state index in [0.717, 1.165) is 28.6 Å². The number of aliphatic imine (C=N–C) groups is 1. The molecule has 0 aromatic heterocycles. The fraction of sp³-hybridized carbons (Fsp3) is 0.417. The van der Waals surface area contributed by atoms with Crippen molar-refractivity contribution in [1.82, 2.24) is 15.5 Å². The van der Waals surface area contributed by atoms with Crippen LogP contribution in [0.15, 0.2) is 47.5 Å². The molecule has 0 saturated heterocycles. The Balaban J connectivity index is 2.04. The lowest BCUT2D eigenvalue weighted by Gasteiger charge is -2.23. The number of hydrogen-bond acceptors (Lipinski definition) is 4. The van der Waals surface area contributed by atoms with Crippen LogP contribution in [0, 0.1) is 0 Å². The van der Waals surface area contributed by atoms with Gasteiger partial charge in [-0.1, -0.05) is 12.1 Å². The quantitative estimate of drug-likeness (QED) is 0.524. The maximum Gasteiger partial charge on any atom is 0.251 e. The summed E-state index contributed by atoms with van der Waals surface area (Å²) >= 11 is 0. The second-order valence-electron chi connectivity index (χ2n) is 8.34. The minimum absolute atomic E-state index is 0.0811. The highest BCUT2D eigenvalue weighted by Crippen LogP contribution is 2.25. The van der Waals surface area contributed by atoms with Crippen molar-refractivity contribution in [1.29, 1.82) is 0 Å². The Hall–Kier alpha value is -3.22. The molecule has 0 heterocycles. The van der Waals surface area contributed by atoms with E-state index in [2.05, 4.69) is 15.6 Å². The number of hydrogen-bond donors (Lipinski definition) is 2. The van der Waals surface area contributed by atoms with Gasteiger partial charge < -0.3 is 25.0 Å². The monoisotopic (exact) mass is 426 g/mol. The zero-order valence-electron chi connectivity index (χ0n) is 19.6. The Labute approximate surface area is 185 Å². The minimum atomic E-state index is -0.279. The second kappa shape index (κ2) is 10.7. The van der Waals surface area contributed by atoms with Gasteiger partial charge in [0.15, 0.2) is 5.96 Å². The van der Waals surface area contributed by atoms with Crippen LogP contribution in [0.3, 0.4) is 0 Å². The van der Waals surface area contributed by atoms with E-state index in [1.165, 1.54) is 0 Å². The summed E-state index contributed by atoms with van der Waals surface area (Å²) in [5.41, 5.74) is 2.38. The molecule has 1 amide bonds. The molecule has 0 unspecified atom stereocenters. The molecule has 2 aromatic carbocycles. The first-order valence-electron chi connectivity index (χ1n) is 10.2. The van der Waals surface area contributed by atoms with Crippen LogP contribution in [0.2, 0.25) is 0 Å². The van der Waals surface area contributed by atoms with Crippen LogP contribution in [0.1, 0.15) is 42.3 Å². The summed E-state index contributed by atoms with van der Waals surface area (Å²) in [6, 6.07) is 13.4. The normalized spacial score (nSPS) is 11.6. The number of ether oxygens (including phenoxy) is 2. The van der Waals surface area contributed by atoms with Gasteiger partial charge in [-0.05, 0) is 50.6 Å². The molecule has 2 rings (SSSR count). The summed E-state index contributed by atoms with van der Waals surface area (Å²) in [6.07, 6.45) is 0. The Morgan fingerprint density at radius 1 is 1.10 bits per heavy atom. The highest BCUT2D eigenvalue weighted by Gasteiger charge is 2.16. The van der Waals surface area contributed by atoms with Gasteiger partial charge in [-0.3, -0.25) is 9.79 Å². The van der Waals surface area contributed by atoms with Crippen LogP contribution < -0.4 is 20.1 Å². The van der Waals surface area contributed by atoms with Gasteiger partial charge in [0.05, 0.1) is 14.2 Å². The van der Waals surface area contributed by atoms with Gasteiger partial charge in [0.2, 0.25) is 0 Å². The molecule has 7 heteroatoms. The Morgan fingerprint density at radius 2 is 1.84 bits per heavy atom. The number of carbonyl (C=O) groups excluding carboxylic acids is 1. The van der Waals surface area contributed by atoms with Crippen molar-refractivity contribution in [3.8, 4) is 11.5 Å². The number of guanidine groups is 1. The fourth-order valence-electron chi connectivity index (χ4n) is 3.11. The molecule has 0 fully saturated rings. The van der Waals surface area contributed by atoms with Crippen LogP contribution in [-0.2, 0) is 13.1 Å². The number of amides is 1. The van der Waals surface area contributed by atoms with Crippen molar-refractivity contribution in [3.05, 3.63) is 59.2 Å². The first-order chi connectivity index (χ1) is 14.7. The van der Waals surface area contributed by atoms with Crippen molar-refractivity contribution < 1.29 is 14.3 Å². The molecule has 31 heavy (non-hydrogen) atoms. The molecule has 2 aromatic rings. The van der Waals surface area contributed by atoms with E-state index >= 15 is 0 Å². The molecule has 0 spiro atoms. The van der Waals surface area contributed by atoms with Gasteiger partial charge >= 0.3 is 0 Å². The lowest BCUT2D eigenvalue weighted by molar-refractivity contribution is 0.0919. The molecule has 0 aliphatic rings. The largest absolute Gasteiger partial charge is 0.497 e. The summed E-state index contributed by atoms with van der Waals surface area (Å²) < 4.78 is 10.8. The summed E-state index contributed by atoms with van der Waals surface area (Å²) in [5.74, 6) is 2.17. The van der Waals surface area contributed by atoms with Crippen molar-refractivity contribution in [2.75, 3.05) is 28.3 Å². The third-order valence-corrected chi connectivity index (χ3v) is 4.60. The maximum absolute atomic E-state index is 12.4. The van der Waals surface area contributed by atoms with E-state index in [1.807, 2.05) is 75.2 Å². The molecule has 0 saturated carbocycles.